The summed E-state index contributed by atoms with van der Waals surface area (Å²) in [5.74, 6) is -0.731. The lowest BCUT2D eigenvalue weighted by molar-refractivity contribution is -0.184. The van der Waals surface area contributed by atoms with Gasteiger partial charge < -0.3 is 10.6 Å². The quantitative estimate of drug-likeness (QED) is 0.665. The van der Waals surface area contributed by atoms with Crippen molar-refractivity contribution in [2.75, 3.05) is 32.7 Å². The molecule has 25 heavy (non-hydrogen) atoms. The lowest BCUT2D eigenvalue weighted by Crippen LogP contribution is -2.57. The molecule has 0 bridgehead atoms. The van der Waals surface area contributed by atoms with Gasteiger partial charge in [0.25, 0.3) is 5.56 Å². The number of aromatic nitrogens is 2. The second-order valence-electron chi connectivity index (χ2n) is 5.77. The molecule has 2 rings (SSSR count). The minimum Gasteiger partial charge on any atom is -0.353 e. The number of amides is 1. The van der Waals surface area contributed by atoms with E-state index in [1.54, 1.807) is 0 Å². The molecule has 1 amide bonds. The van der Waals surface area contributed by atoms with Crippen molar-refractivity contribution in [3.05, 3.63) is 33.1 Å². The number of piperazine rings is 1. The summed E-state index contributed by atoms with van der Waals surface area (Å²) < 4.78 is 41.5. The van der Waals surface area contributed by atoms with Gasteiger partial charge in [0.2, 0.25) is 5.91 Å². The smallest absolute Gasteiger partial charge is 0.353 e. The van der Waals surface area contributed by atoms with Crippen molar-refractivity contribution < 1.29 is 18.0 Å². The maximum atomic E-state index is 13.2. The number of hydrogen-bond donors (Lipinski definition) is 2. The number of hydrogen-bond acceptors (Lipinski definition) is 5. The average molecular weight is 363 g/mol. The Morgan fingerprint density at radius 2 is 1.96 bits per heavy atom. The van der Waals surface area contributed by atoms with Crippen LogP contribution in [0.2, 0.25) is 0 Å². The highest BCUT2D eigenvalue weighted by molar-refractivity contribution is 5.75. The van der Waals surface area contributed by atoms with E-state index in [0.717, 1.165) is 21.4 Å². The first-order chi connectivity index (χ1) is 11.7. The minimum atomic E-state index is -4.47. The summed E-state index contributed by atoms with van der Waals surface area (Å²) in [7, 11) is 1.25. The summed E-state index contributed by atoms with van der Waals surface area (Å²) in [5, 5.41) is 5.20. The molecule has 1 aliphatic heterocycles. The molecule has 0 aliphatic carbocycles. The molecule has 0 aromatic carbocycles. The fourth-order valence-corrected chi connectivity index (χ4v) is 2.60. The van der Waals surface area contributed by atoms with E-state index in [0.29, 0.717) is 13.1 Å². The predicted octanol–water partition coefficient (Wildman–Crippen LogP) is -1.50. The van der Waals surface area contributed by atoms with Gasteiger partial charge in [0.15, 0.2) is 0 Å². The Morgan fingerprint density at radius 1 is 1.32 bits per heavy atom. The fraction of sp³-hybridized carbons (Fsp3) is 0.643. The van der Waals surface area contributed by atoms with Crippen LogP contribution in [0.3, 0.4) is 0 Å². The van der Waals surface area contributed by atoms with Gasteiger partial charge in [0.05, 0.1) is 0 Å². The molecule has 8 nitrogen and oxygen atoms in total. The molecule has 1 fully saturated rings. The molecule has 2 heterocycles. The highest BCUT2D eigenvalue weighted by Gasteiger charge is 2.43. The van der Waals surface area contributed by atoms with Crippen molar-refractivity contribution in [3.63, 3.8) is 0 Å². The Labute approximate surface area is 141 Å². The van der Waals surface area contributed by atoms with Gasteiger partial charge in [-0.15, -0.1) is 0 Å². The first-order valence-electron chi connectivity index (χ1n) is 7.75. The number of carbonyl (C=O) groups excluding carboxylic acids is 1. The van der Waals surface area contributed by atoms with Crippen molar-refractivity contribution in [1.82, 2.24) is 24.7 Å². The van der Waals surface area contributed by atoms with Crippen LogP contribution in [0.5, 0.6) is 0 Å². The minimum absolute atomic E-state index is 0.236. The molecule has 11 heteroatoms. The number of alkyl halides is 3. The van der Waals surface area contributed by atoms with Crippen LogP contribution in [0.25, 0.3) is 0 Å². The molecular formula is C14H20F3N5O3. The largest absolute Gasteiger partial charge is 0.405 e. The fourth-order valence-electron chi connectivity index (χ4n) is 2.60. The molecule has 2 N–H and O–H groups in total. The van der Waals surface area contributed by atoms with Crippen molar-refractivity contribution in [2.24, 2.45) is 7.05 Å². The van der Waals surface area contributed by atoms with E-state index in [4.69, 9.17) is 0 Å². The van der Waals surface area contributed by atoms with E-state index in [-0.39, 0.29) is 13.1 Å². The zero-order valence-corrected chi connectivity index (χ0v) is 13.7. The van der Waals surface area contributed by atoms with Gasteiger partial charge in [0.1, 0.15) is 12.6 Å². The average Bonchev–Trinajstić information content (AvgIpc) is 2.55. The molecule has 1 aliphatic rings. The van der Waals surface area contributed by atoms with Gasteiger partial charge in [0, 0.05) is 52.0 Å². The zero-order chi connectivity index (χ0) is 18.6. The number of nitrogens with one attached hydrogen (secondary N) is 2. The van der Waals surface area contributed by atoms with E-state index >= 15 is 0 Å². The summed E-state index contributed by atoms with van der Waals surface area (Å²) in [6, 6.07) is -0.677. The molecule has 0 radical (unpaired) electrons. The first-order valence-corrected chi connectivity index (χ1v) is 7.75. The number of nitrogens with zero attached hydrogens (tertiary/aromatic N) is 3. The van der Waals surface area contributed by atoms with Crippen molar-refractivity contribution >= 4 is 5.91 Å². The third kappa shape index (κ3) is 4.92. The van der Waals surface area contributed by atoms with E-state index in [1.165, 1.54) is 11.9 Å². The van der Waals surface area contributed by atoms with Crippen LogP contribution < -0.4 is 21.9 Å². The Kier molecular flexibility index (Phi) is 6.01. The van der Waals surface area contributed by atoms with Crippen LogP contribution in [0.15, 0.2) is 21.9 Å². The SMILES string of the molecule is Cn1c(=O)ccn(CC(=O)NCC(N2CCNCC2)C(F)(F)F)c1=O. The van der Waals surface area contributed by atoms with Gasteiger partial charge in [-0.3, -0.25) is 23.6 Å². The van der Waals surface area contributed by atoms with Crippen LogP contribution >= 0.6 is 0 Å². The number of halogens is 3. The van der Waals surface area contributed by atoms with Crippen LogP contribution in [0.1, 0.15) is 0 Å². The van der Waals surface area contributed by atoms with Gasteiger partial charge >= 0.3 is 11.9 Å². The molecule has 0 saturated carbocycles. The standard InChI is InChI=1S/C14H20F3N5O3/c1-20-12(24)2-5-22(13(20)25)9-11(23)19-8-10(14(15,16)17)21-6-3-18-4-7-21/h2,5,10,18H,3-4,6-9H2,1H3,(H,19,23). The molecule has 1 atom stereocenters. The molecule has 1 aromatic rings. The Balaban J connectivity index is 2.00. The van der Waals surface area contributed by atoms with Gasteiger partial charge in [-0.25, -0.2) is 4.79 Å². The summed E-state index contributed by atoms with van der Waals surface area (Å²) in [6.45, 7) is 0.324. The van der Waals surface area contributed by atoms with Gasteiger partial charge in [-0.2, -0.15) is 13.2 Å². The second kappa shape index (κ2) is 7.83. The predicted molar refractivity (Wildman–Crippen MR) is 83.2 cm³/mol. The third-order valence-corrected chi connectivity index (χ3v) is 4.04. The van der Waals surface area contributed by atoms with Gasteiger partial charge in [-0.1, -0.05) is 0 Å². The highest BCUT2D eigenvalue weighted by Crippen LogP contribution is 2.24. The maximum absolute atomic E-state index is 13.2. The van der Waals surface area contributed by atoms with Crippen molar-refractivity contribution in [1.29, 1.82) is 0 Å². The molecule has 0 spiro atoms. The summed E-state index contributed by atoms with van der Waals surface area (Å²) >= 11 is 0. The van der Waals surface area contributed by atoms with Crippen molar-refractivity contribution in [2.45, 2.75) is 18.8 Å². The van der Waals surface area contributed by atoms with Gasteiger partial charge in [-0.05, 0) is 0 Å². The third-order valence-electron chi connectivity index (χ3n) is 4.04. The molecule has 1 unspecified atom stereocenters. The first kappa shape index (κ1) is 19.2. The topological polar surface area (TPSA) is 88.4 Å². The molecule has 1 aromatic heterocycles. The maximum Gasteiger partial charge on any atom is 0.405 e. The Morgan fingerprint density at radius 3 is 2.56 bits per heavy atom. The lowest BCUT2D eigenvalue weighted by Gasteiger charge is -2.35. The van der Waals surface area contributed by atoms with Crippen LogP contribution in [0, 0.1) is 0 Å². The van der Waals surface area contributed by atoms with E-state index in [2.05, 4.69) is 10.6 Å². The van der Waals surface area contributed by atoms with Crippen LogP contribution in [0.4, 0.5) is 13.2 Å². The molecule has 1 saturated heterocycles. The molecule has 140 valence electrons. The Hall–Kier alpha value is -2.14. The second-order valence-corrected chi connectivity index (χ2v) is 5.77. The van der Waals surface area contributed by atoms with Crippen LogP contribution in [-0.2, 0) is 18.4 Å². The van der Waals surface area contributed by atoms with E-state index in [1.807, 2.05) is 0 Å². The highest BCUT2D eigenvalue weighted by atomic mass is 19.4. The van der Waals surface area contributed by atoms with E-state index < -0.39 is 42.5 Å². The summed E-state index contributed by atoms with van der Waals surface area (Å²) in [6.07, 6.45) is -3.33. The lowest BCUT2D eigenvalue weighted by atomic mass is 10.2. The van der Waals surface area contributed by atoms with Crippen LogP contribution in [-0.4, -0.2) is 64.9 Å². The van der Waals surface area contributed by atoms with E-state index in [9.17, 15) is 27.6 Å². The van der Waals surface area contributed by atoms with Crippen molar-refractivity contribution in [3.8, 4) is 0 Å². The Bertz CT molecular complexity index is 722. The normalized spacial score (nSPS) is 17.3. The number of rotatable bonds is 5. The monoisotopic (exact) mass is 363 g/mol. The summed E-state index contributed by atoms with van der Waals surface area (Å²) in [4.78, 5) is 36.3. The molecular weight excluding hydrogens is 343 g/mol. The zero-order valence-electron chi connectivity index (χ0n) is 13.7. The summed E-state index contributed by atoms with van der Waals surface area (Å²) in [5.41, 5.74) is -1.24. The number of carbonyl (C=O) groups is 1.